The standard InChI is InChI=1S/C24H25N3O/c1-23(2)13-7-15-27(16-18-8-4-3-5-9-18)24(23)17-26-22-19-10-6-14-25-20(19)11-12-21(22)28-24/h3-6,8-12,14,17H,7,13,15-16H2,1-2H3. The highest BCUT2D eigenvalue weighted by atomic mass is 16.5. The molecule has 4 nitrogen and oxygen atoms in total. The number of fused-ring (bicyclic) bond motifs is 3. The fourth-order valence-corrected chi connectivity index (χ4v) is 4.62. The smallest absolute Gasteiger partial charge is 0.205 e. The van der Waals surface area contributed by atoms with Gasteiger partial charge in [-0.15, -0.1) is 0 Å². The Morgan fingerprint density at radius 3 is 2.75 bits per heavy atom. The molecule has 1 spiro atoms. The SMILES string of the molecule is CC1(C)CCCN(Cc2ccccc2)C12C=Nc1c(ccc3ncccc13)O2. The van der Waals surface area contributed by atoms with Crippen LogP contribution in [0.25, 0.3) is 10.9 Å². The second-order valence-corrected chi connectivity index (χ2v) is 8.43. The summed E-state index contributed by atoms with van der Waals surface area (Å²) in [6, 6.07) is 18.7. The molecule has 142 valence electrons. The van der Waals surface area contributed by atoms with E-state index in [2.05, 4.69) is 60.1 Å². The van der Waals surface area contributed by atoms with Crippen LogP contribution < -0.4 is 4.74 Å². The van der Waals surface area contributed by atoms with Crippen molar-refractivity contribution in [3.63, 3.8) is 0 Å². The quantitative estimate of drug-likeness (QED) is 0.609. The Labute approximate surface area is 165 Å². The van der Waals surface area contributed by atoms with Crippen molar-refractivity contribution >= 4 is 22.8 Å². The molecule has 0 N–H and O–H groups in total. The van der Waals surface area contributed by atoms with E-state index in [9.17, 15) is 0 Å². The van der Waals surface area contributed by atoms with E-state index >= 15 is 0 Å². The number of hydrogen-bond acceptors (Lipinski definition) is 4. The molecule has 0 saturated carbocycles. The van der Waals surface area contributed by atoms with Gasteiger partial charge >= 0.3 is 0 Å². The minimum Gasteiger partial charge on any atom is -0.464 e. The van der Waals surface area contributed by atoms with E-state index in [4.69, 9.17) is 9.73 Å². The predicted molar refractivity (Wildman–Crippen MR) is 113 cm³/mol. The average molecular weight is 371 g/mol. The van der Waals surface area contributed by atoms with E-state index < -0.39 is 5.72 Å². The zero-order chi connectivity index (χ0) is 19.2. The third kappa shape index (κ3) is 2.63. The average Bonchev–Trinajstić information content (AvgIpc) is 2.72. The summed E-state index contributed by atoms with van der Waals surface area (Å²) in [6.45, 7) is 6.43. The summed E-state index contributed by atoms with van der Waals surface area (Å²) in [5, 5.41) is 1.04. The van der Waals surface area contributed by atoms with Gasteiger partial charge in [-0.25, -0.2) is 0 Å². The topological polar surface area (TPSA) is 37.7 Å². The summed E-state index contributed by atoms with van der Waals surface area (Å²) in [6.07, 6.45) is 6.13. The molecule has 5 rings (SSSR count). The zero-order valence-corrected chi connectivity index (χ0v) is 16.4. The van der Waals surface area contributed by atoms with E-state index in [0.717, 1.165) is 48.3 Å². The van der Waals surface area contributed by atoms with Gasteiger partial charge in [0.15, 0.2) is 0 Å². The molecule has 3 heterocycles. The summed E-state index contributed by atoms with van der Waals surface area (Å²) in [4.78, 5) is 11.9. The second kappa shape index (κ2) is 6.42. The molecule has 1 saturated heterocycles. The van der Waals surface area contributed by atoms with Crippen LogP contribution in [-0.2, 0) is 6.54 Å². The van der Waals surface area contributed by atoms with Gasteiger partial charge in [0.2, 0.25) is 5.72 Å². The van der Waals surface area contributed by atoms with Gasteiger partial charge in [-0.1, -0.05) is 44.2 Å². The van der Waals surface area contributed by atoms with Crippen molar-refractivity contribution in [2.75, 3.05) is 6.54 Å². The lowest BCUT2D eigenvalue weighted by Crippen LogP contribution is -2.66. The molecule has 1 fully saturated rings. The monoisotopic (exact) mass is 371 g/mol. The van der Waals surface area contributed by atoms with Gasteiger partial charge < -0.3 is 4.74 Å². The molecular formula is C24H25N3O. The van der Waals surface area contributed by atoms with Crippen LogP contribution in [0.2, 0.25) is 0 Å². The van der Waals surface area contributed by atoms with Crippen LogP contribution in [0, 0.1) is 5.41 Å². The van der Waals surface area contributed by atoms with Gasteiger partial charge in [-0.2, -0.15) is 0 Å². The highest BCUT2D eigenvalue weighted by molar-refractivity contribution is 5.96. The first kappa shape index (κ1) is 17.4. The molecule has 2 aliphatic rings. The molecule has 0 bridgehead atoms. The van der Waals surface area contributed by atoms with Crippen molar-refractivity contribution in [3.05, 3.63) is 66.4 Å². The summed E-state index contributed by atoms with van der Waals surface area (Å²) in [5.74, 6) is 0.844. The highest BCUT2D eigenvalue weighted by Crippen LogP contribution is 2.49. The van der Waals surface area contributed by atoms with E-state index in [1.165, 1.54) is 5.56 Å². The van der Waals surface area contributed by atoms with Gasteiger partial charge in [0, 0.05) is 30.1 Å². The van der Waals surface area contributed by atoms with E-state index in [1.54, 1.807) is 0 Å². The zero-order valence-electron chi connectivity index (χ0n) is 16.4. The molecule has 0 aliphatic carbocycles. The number of aromatic nitrogens is 1. The fraction of sp³-hybridized carbons (Fsp3) is 0.333. The molecule has 3 aromatic rings. The number of benzene rings is 2. The van der Waals surface area contributed by atoms with Crippen molar-refractivity contribution in [2.45, 2.75) is 39.0 Å². The predicted octanol–water partition coefficient (Wildman–Crippen LogP) is 5.35. The number of ether oxygens (including phenoxy) is 1. The third-order valence-electron chi connectivity index (χ3n) is 6.24. The Kier molecular flexibility index (Phi) is 3.98. The van der Waals surface area contributed by atoms with Crippen molar-refractivity contribution in [1.29, 1.82) is 0 Å². The van der Waals surface area contributed by atoms with Crippen molar-refractivity contribution in [3.8, 4) is 5.75 Å². The molecule has 2 aromatic carbocycles. The lowest BCUT2D eigenvalue weighted by Gasteiger charge is -2.55. The summed E-state index contributed by atoms with van der Waals surface area (Å²) in [7, 11) is 0. The van der Waals surface area contributed by atoms with Gasteiger partial charge in [-0.3, -0.25) is 14.9 Å². The maximum Gasteiger partial charge on any atom is 0.205 e. The normalized spacial score (nSPS) is 23.5. The first-order valence-corrected chi connectivity index (χ1v) is 10.0. The summed E-state index contributed by atoms with van der Waals surface area (Å²) >= 11 is 0. The largest absolute Gasteiger partial charge is 0.464 e. The number of piperidine rings is 1. The minimum absolute atomic E-state index is 0.0505. The van der Waals surface area contributed by atoms with Gasteiger partial charge in [0.25, 0.3) is 0 Å². The maximum absolute atomic E-state index is 6.82. The van der Waals surface area contributed by atoms with Crippen LogP contribution in [0.1, 0.15) is 32.3 Å². The number of aliphatic imine (C=N–C) groups is 1. The molecule has 1 unspecified atom stereocenters. The van der Waals surface area contributed by atoms with Crippen LogP contribution >= 0.6 is 0 Å². The van der Waals surface area contributed by atoms with Crippen LogP contribution in [0.15, 0.2) is 65.8 Å². The van der Waals surface area contributed by atoms with Crippen LogP contribution in [0.5, 0.6) is 5.75 Å². The number of pyridine rings is 1. The van der Waals surface area contributed by atoms with Crippen molar-refractivity contribution < 1.29 is 4.74 Å². The Morgan fingerprint density at radius 2 is 1.89 bits per heavy atom. The molecule has 28 heavy (non-hydrogen) atoms. The Morgan fingerprint density at radius 1 is 1.04 bits per heavy atom. The Hall–Kier alpha value is -2.72. The first-order chi connectivity index (χ1) is 13.6. The second-order valence-electron chi connectivity index (χ2n) is 8.43. The van der Waals surface area contributed by atoms with Gasteiger partial charge in [-0.05, 0) is 42.7 Å². The lowest BCUT2D eigenvalue weighted by molar-refractivity contribution is -0.138. The molecule has 2 aliphatic heterocycles. The van der Waals surface area contributed by atoms with Gasteiger partial charge in [0.1, 0.15) is 11.4 Å². The van der Waals surface area contributed by atoms with E-state index in [-0.39, 0.29) is 5.41 Å². The minimum atomic E-state index is -0.552. The molecule has 0 radical (unpaired) electrons. The summed E-state index contributed by atoms with van der Waals surface area (Å²) < 4.78 is 6.82. The number of likely N-dealkylation sites (tertiary alicyclic amines) is 1. The third-order valence-corrected chi connectivity index (χ3v) is 6.24. The Balaban J connectivity index is 1.60. The summed E-state index contributed by atoms with van der Waals surface area (Å²) in [5.41, 5.74) is 2.53. The van der Waals surface area contributed by atoms with Crippen LogP contribution in [0.4, 0.5) is 5.69 Å². The maximum atomic E-state index is 6.82. The Bertz CT molecular complexity index is 1040. The molecule has 1 aromatic heterocycles. The molecule has 1 atom stereocenters. The van der Waals surface area contributed by atoms with Crippen LogP contribution in [-0.4, -0.2) is 28.4 Å². The molecule has 4 heteroatoms. The molecule has 0 amide bonds. The first-order valence-electron chi connectivity index (χ1n) is 10.0. The van der Waals surface area contributed by atoms with Gasteiger partial charge in [0.05, 0.1) is 11.7 Å². The van der Waals surface area contributed by atoms with Crippen LogP contribution in [0.3, 0.4) is 0 Å². The van der Waals surface area contributed by atoms with E-state index in [0.29, 0.717) is 0 Å². The lowest BCUT2D eigenvalue weighted by atomic mass is 9.73. The fourth-order valence-electron chi connectivity index (χ4n) is 4.62. The highest BCUT2D eigenvalue weighted by Gasteiger charge is 2.54. The number of hydrogen-bond donors (Lipinski definition) is 0. The molecular weight excluding hydrogens is 346 g/mol. The number of rotatable bonds is 2. The number of nitrogens with zero attached hydrogens (tertiary/aromatic N) is 3. The van der Waals surface area contributed by atoms with E-state index in [1.807, 2.05) is 30.6 Å². The van der Waals surface area contributed by atoms with Crippen molar-refractivity contribution in [2.24, 2.45) is 10.4 Å². The van der Waals surface area contributed by atoms with Crippen molar-refractivity contribution in [1.82, 2.24) is 9.88 Å².